The summed E-state index contributed by atoms with van der Waals surface area (Å²) in [6, 6.07) is 1.06. The van der Waals surface area contributed by atoms with Crippen LogP contribution in [0.2, 0.25) is 0 Å². The number of nitrogens with zero attached hydrogens (tertiary/aromatic N) is 1. The highest BCUT2D eigenvalue weighted by Crippen LogP contribution is 2.25. The number of H-pyrrole nitrogens is 1. The number of imide groups is 1. The Morgan fingerprint density at radius 1 is 1.25 bits per heavy atom. The monoisotopic (exact) mass is 299 g/mol. The number of aromatic amines is 1. The number of piperazine rings is 1. The van der Waals surface area contributed by atoms with Gasteiger partial charge in [-0.05, 0) is 13.8 Å². The molecule has 20 heavy (non-hydrogen) atoms. The molecule has 1 saturated heterocycles. The second-order valence-electron chi connectivity index (χ2n) is 4.82. The first kappa shape index (κ1) is 14.4. The third kappa shape index (κ3) is 2.14. The molecule has 0 atom stereocenters. The molecule has 9 heteroatoms. The third-order valence-electron chi connectivity index (χ3n) is 3.08. The van der Waals surface area contributed by atoms with Crippen LogP contribution in [0.4, 0.5) is 0 Å². The molecule has 0 unspecified atom stereocenters. The second-order valence-corrected chi connectivity index (χ2v) is 6.65. The molecule has 0 aromatic carbocycles. The molecular weight excluding hydrogens is 286 g/mol. The number of hydrogen-bond donors (Lipinski definition) is 2. The topological polar surface area (TPSA) is 116 Å². The van der Waals surface area contributed by atoms with Gasteiger partial charge < -0.3 is 4.98 Å². The number of hydrogen-bond acceptors (Lipinski definition) is 5. The number of amides is 2. The second kappa shape index (κ2) is 4.53. The molecule has 2 N–H and O–H groups in total. The van der Waals surface area contributed by atoms with Gasteiger partial charge in [-0.3, -0.25) is 19.7 Å². The number of sulfonamides is 1. The lowest BCUT2D eigenvalue weighted by Gasteiger charge is -2.38. The molecule has 108 valence electrons. The van der Waals surface area contributed by atoms with E-state index in [1.54, 1.807) is 0 Å². The molecular formula is C11H13N3O5S. The Labute approximate surface area is 114 Å². The standard InChI is InChI=1S/C11H13N3O5S/c1-11(2)10(17)13-9(16)6-14(11)20(18,19)8-5-12-4-3-7(8)15/h3-5H,6H2,1-2H3,(H,12,15)(H,13,16,17). The van der Waals surface area contributed by atoms with E-state index in [9.17, 15) is 22.8 Å². The van der Waals surface area contributed by atoms with E-state index < -0.39 is 44.2 Å². The summed E-state index contributed by atoms with van der Waals surface area (Å²) in [5.74, 6) is -1.46. The first-order valence-electron chi connectivity index (χ1n) is 5.71. The minimum atomic E-state index is -4.26. The van der Waals surface area contributed by atoms with E-state index in [0.29, 0.717) is 0 Å². The molecule has 2 rings (SSSR count). The molecule has 0 saturated carbocycles. The smallest absolute Gasteiger partial charge is 0.249 e. The van der Waals surface area contributed by atoms with Crippen molar-refractivity contribution in [2.75, 3.05) is 6.54 Å². The Morgan fingerprint density at radius 3 is 2.50 bits per heavy atom. The van der Waals surface area contributed by atoms with Gasteiger partial charge in [-0.15, -0.1) is 0 Å². The predicted octanol–water partition coefficient (Wildman–Crippen LogP) is -1.20. The van der Waals surface area contributed by atoms with Gasteiger partial charge in [-0.2, -0.15) is 4.31 Å². The lowest BCUT2D eigenvalue weighted by atomic mass is 10.0. The highest BCUT2D eigenvalue weighted by molar-refractivity contribution is 7.89. The van der Waals surface area contributed by atoms with Gasteiger partial charge in [0.05, 0.1) is 6.54 Å². The molecule has 2 amide bonds. The van der Waals surface area contributed by atoms with Crippen LogP contribution in [0.25, 0.3) is 0 Å². The summed E-state index contributed by atoms with van der Waals surface area (Å²) in [5, 5.41) is 2.07. The molecule has 0 spiro atoms. The summed E-state index contributed by atoms with van der Waals surface area (Å²) in [6.45, 7) is 2.21. The Hall–Kier alpha value is -2.00. The lowest BCUT2D eigenvalue weighted by molar-refractivity contribution is -0.141. The van der Waals surface area contributed by atoms with E-state index in [0.717, 1.165) is 16.6 Å². The van der Waals surface area contributed by atoms with Gasteiger partial charge in [-0.1, -0.05) is 0 Å². The van der Waals surface area contributed by atoms with E-state index in [1.807, 2.05) is 0 Å². The summed E-state index contributed by atoms with van der Waals surface area (Å²) in [7, 11) is -4.26. The van der Waals surface area contributed by atoms with Crippen LogP contribution in [-0.4, -0.2) is 41.6 Å². The van der Waals surface area contributed by atoms with E-state index in [-0.39, 0.29) is 0 Å². The van der Waals surface area contributed by atoms with Gasteiger partial charge >= 0.3 is 0 Å². The highest BCUT2D eigenvalue weighted by atomic mass is 32.2. The molecule has 2 heterocycles. The maximum atomic E-state index is 12.5. The molecule has 1 fully saturated rings. The molecule has 0 radical (unpaired) electrons. The number of carbonyl (C=O) groups is 2. The summed E-state index contributed by atoms with van der Waals surface area (Å²) in [4.78, 5) is 36.9. The Bertz CT molecular complexity index is 734. The number of nitrogens with one attached hydrogen (secondary N) is 2. The Kier molecular flexibility index (Phi) is 3.26. The average molecular weight is 299 g/mol. The van der Waals surface area contributed by atoms with E-state index >= 15 is 0 Å². The van der Waals surface area contributed by atoms with Crippen LogP contribution in [0.3, 0.4) is 0 Å². The highest BCUT2D eigenvalue weighted by Gasteiger charge is 2.48. The molecule has 8 nitrogen and oxygen atoms in total. The lowest BCUT2D eigenvalue weighted by Crippen LogP contribution is -2.65. The van der Waals surface area contributed by atoms with Crippen molar-refractivity contribution in [3.8, 4) is 0 Å². The Balaban J connectivity index is 2.59. The number of carbonyl (C=O) groups excluding carboxylic acids is 2. The van der Waals surface area contributed by atoms with Crippen LogP contribution in [-0.2, 0) is 19.6 Å². The summed E-state index contributed by atoms with van der Waals surface area (Å²) < 4.78 is 25.7. The van der Waals surface area contributed by atoms with E-state index in [4.69, 9.17) is 0 Å². The van der Waals surface area contributed by atoms with Gasteiger partial charge in [0.25, 0.3) is 0 Å². The zero-order valence-corrected chi connectivity index (χ0v) is 11.7. The van der Waals surface area contributed by atoms with Crippen LogP contribution < -0.4 is 10.7 Å². The van der Waals surface area contributed by atoms with Gasteiger partial charge in [0.15, 0.2) is 0 Å². The van der Waals surface area contributed by atoms with Crippen molar-refractivity contribution < 1.29 is 18.0 Å². The van der Waals surface area contributed by atoms with E-state index in [1.165, 1.54) is 20.0 Å². The third-order valence-corrected chi connectivity index (χ3v) is 5.12. The molecule has 0 bridgehead atoms. The van der Waals surface area contributed by atoms with Crippen LogP contribution in [0.5, 0.6) is 0 Å². The fraction of sp³-hybridized carbons (Fsp3) is 0.364. The van der Waals surface area contributed by atoms with Crippen molar-refractivity contribution in [2.45, 2.75) is 24.3 Å². The van der Waals surface area contributed by atoms with Gasteiger partial charge in [0, 0.05) is 18.5 Å². The summed E-state index contributed by atoms with van der Waals surface area (Å²) >= 11 is 0. The van der Waals surface area contributed by atoms with E-state index in [2.05, 4.69) is 10.3 Å². The first-order valence-corrected chi connectivity index (χ1v) is 7.15. The zero-order chi connectivity index (χ0) is 15.1. The predicted molar refractivity (Wildman–Crippen MR) is 68.2 cm³/mol. The molecule has 1 aromatic rings. The summed E-state index contributed by atoms with van der Waals surface area (Å²) in [5.41, 5.74) is -2.17. The minimum absolute atomic E-state index is 0.504. The Morgan fingerprint density at radius 2 is 1.90 bits per heavy atom. The SMILES string of the molecule is CC1(C)C(=O)NC(=O)CN1S(=O)(=O)c1c[nH]ccc1=O. The van der Waals surface area contributed by atoms with Crippen molar-refractivity contribution in [3.63, 3.8) is 0 Å². The number of aromatic nitrogens is 1. The maximum absolute atomic E-state index is 12.5. The van der Waals surface area contributed by atoms with Crippen molar-refractivity contribution >= 4 is 21.8 Å². The van der Waals surface area contributed by atoms with Crippen molar-refractivity contribution in [1.29, 1.82) is 0 Å². The zero-order valence-electron chi connectivity index (χ0n) is 10.8. The number of pyridine rings is 1. The van der Waals surface area contributed by atoms with Crippen molar-refractivity contribution in [1.82, 2.24) is 14.6 Å². The fourth-order valence-corrected chi connectivity index (χ4v) is 3.61. The van der Waals surface area contributed by atoms with Crippen LogP contribution in [0.1, 0.15) is 13.8 Å². The normalized spacial score (nSPS) is 19.7. The molecule has 1 aromatic heterocycles. The van der Waals surface area contributed by atoms with Crippen LogP contribution in [0, 0.1) is 0 Å². The summed E-state index contributed by atoms with van der Waals surface area (Å²) in [6.07, 6.45) is 2.32. The maximum Gasteiger partial charge on any atom is 0.249 e. The largest absolute Gasteiger partial charge is 0.366 e. The van der Waals surface area contributed by atoms with Crippen molar-refractivity contribution in [2.24, 2.45) is 0 Å². The van der Waals surface area contributed by atoms with Gasteiger partial charge in [0.2, 0.25) is 27.3 Å². The minimum Gasteiger partial charge on any atom is -0.366 e. The molecule has 0 aliphatic carbocycles. The van der Waals surface area contributed by atoms with Crippen molar-refractivity contribution in [3.05, 3.63) is 28.7 Å². The average Bonchev–Trinajstić information content (AvgIpc) is 2.34. The quantitative estimate of drug-likeness (QED) is 0.665. The molecule has 1 aliphatic rings. The first-order chi connectivity index (χ1) is 9.17. The van der Waals surface area contributed by atoms with Crippen LogP contribution in [0.15, 0.2) is 28.2 Å². The van der Waals surface area contributed by atoms with Gasteiger partial charge in [0.1, 0.15) is 10.4 Å². The van der Waals surface area contributed by atoms with Gasteiger partial charge in [-0.25, -0.2) is 8.42 Å². The fourth-order valence-electron chi connectivity index (χ4n) is 1.87. The van der Waals surface area contributed by atoms with Crippen LogP contribution >= 0.6 is 0 Å². The number of rotatable bonds is 2. The molecule has 1 aliphatic heterocycles.